The average molecular weight is 500 g/mol. The molecule has 0 saturated heterocycles. The number of pyridine rings is 1. The van der Waals surface area contributed by atoms with E-state index < -0.39 is 27.3 Å². The second-order valence-corrected chi connectivity index (χ2v) is 10.5. The van der Waals surface area contributed by atoms with Gasteiger partial charge in [-0.2, -0.15) is 0 Å². The van der Waals surface area contributed by atoms with Crippen molar-refractivity contribution < 1.29 is 28.7 Å². The number of amides is 2. The van der Waals surface area contributed by atoms with Gasteiger partial charge in [0.15, 0.2) is 0 Å². The molecule has 1 aromatic heterocycles. The van der Waals surface area contributed by atoms with Crippen LogP contribution in [0.2, 0.25) is 0 Å². The van der Waals surface area contributed by atoms with Gasteiger partial charge in [0, 0.05) is 0 Å². The summed E-state index contributed by atoms with van der Waals surface area (Å²) in [7, 11) is 0. The molecule has 2 amide bonds. The van der Waals surface area contributed by atoms with Crippen LogP contribution in [0.15, 0.2) is 42.6 Å². The quantitative estimate of drug-likeness (QED) is 0.279. The first-order valence-corrected chi connectivity index (χ1v) is 12.7. The number of hydrogen-bond acceptors (Lipinski definition) is 7. The van der Waals surface area contributed by atoms with Gasteiger partial charge < -0.3 is 0 Å². The minimum atomic E-state index is -1.14. The van der Waals surface area contributed by atoms with Crippen LogP contribution in [0.5, 0.6) is 5.75 Å². The van der Waals surface area contributed by atoms with Gasteiger partial charge in [0.25, 0.3) is 0 Å². The fraction of sp³-hybridized carbons (Fsp3) is 0.348. The molecule has 0 saturated carbocycles. The molecule has 0 aliphatic carbocycles. The standard InChI is InChI=1S/C23H25AsN2O6/c1-4-31-20(28)14-32-18-10-7-11-25-17(18)13-24-19(27)12-23(2,3)26-21(29)15-8-5-6-9-16(15)22(26)30/h5-11,24H,4,12-14H2,1-3H3. The van der Waals surface area contributed by atoms with Crippen molar-refractivity contribution >= 4 is 38.1 Å². The van der Waals surface area contributed by atoms with Gasteiger partial charge in [0.2, 0.25) is 0 Å². The Morgan fingerprint density at radius 3 is 2.34 bits per heavy atom. The molecular weight excluding hydrogens is 475 g/mol. The molecule has 0 radical (unpaired) electrons. The van der Waals surface area contributed by atoms with Gasteiger partial charge in [-0.3, -0.25) is 0 Å². The molecule has 0 bridgehead atoms. The number of imide groups is 1. The summed E-state index contributed by atoms with van der Waals surface area (Å²) >= 11 is -1.14. The maximum absolute atomic E-state index is 12.8. The van der Waals surface area contributed by atoms with E-state index >= 15 is 0 Å². The molecule has 2 heterocycles. The number of ether oxygens (including phenoxy) is 2. The van der Waals surface area contributed by atoms with Crippen LogP contribution in [0.4, 0.5) is 0 Å². The Kier molecular flexibility index (Phi) is 7.46. The average Bonchev–Trinajstić information content (AvgIpc) is 3.02. The van der Waals surface area contributed by atoms with E-state index in [-0.39, 0.29) is 36.0 Å². The molecule has 1 aliphatic rings. The Balaban J connectivity index is 1.61. The van der Waals surface area contributed by atoms with Crippen LogP contribution in [0, 0.1) is 0 Å². The van der Waals surface area contributed by atoms with Crippen LogP contribution in [-0.4, -0.2) is 66.7 Å². The van der Waals surface area contributed by atoms with Gasteiger partial charge in [0.1, 0.15) is 0 Å². The summed E-state index contributed by atoms with van der Waals surface area (Å²) in [5, 5.41) is 0.427. The zero-order valence-corrected chi connectivity index (χ0v) is 20.3. The van der Waals surface area contributed by atoms with E-state index in [0.29, 0.717) is 27.8 Å². The molecule has 9 heteroatoms. The molecule has 1 aromatic carbocycles. The fourth-order valence-corrected chi connectivity index (χ4v) is 5.97. The van der Waals surface area contributed by atoms with Crippen molar-refractivity contribution in [2.45, 2.75) is 37.9 Å². The van der Waals surface area contributed by atoms with Crippen LogP contribution in [-0.2, 0) is 19.5 Å². The van der Waals surface area contributed by atoms with Crippen molar-refractivity contribution in [1.82, 2.24) is 9.88 Å². The van der Waals surface area contributed by atoms with Gasteiger partial charge >= 0.3 is 193 Å². The minimum absolute atomic E-state index is 0.00792. The van der Waals surface area contributed by atoms with Crippen molar-refractivity contribution in [2.75, 3.05) is 13.2 Å². The molecule has 8 nitrogen and oxygen atoms in total. The van der Waals surface area contributed by atoms with Crippen molar-refractivity contribution in [3.05, 3.63) is 59.4 Å². The van der Waals surface area contributed by atoms with E-state index in [0.717, 1.165) is 0 Å². The van der Waals surface area contributed by atoms with E-state index in [1.165, 1.54) is 4.90 Å². The Morgan fingerprint density at radius 1 is 1.06 bits per heavy atom. The Morgan fingerprint density at radius 2 is 1.72 bits per heavy atom. The SMILES string of the molecule is CCOC(=O)COc1cccnc1C[AsH]C(=O)CC(C)(C)N1C(=O)c2ccccc2C1=O. The molecular formula is C23H25AsN2O6. The monoisotopic (exact) mass is 500 g/mol. The molecule has 3 rings (SSSR count). The summed E-state index contributed by atoms with van der Waals surface area (Å²) in [6.45, 7) is 5.22. The number of carbonyl (C=O) groups is 4. The summed E-state index contributed by atoms with van der Waals surface area (Å²) in [6, 6.07) is 10.1. The predicted molar refractivity (Wildman–Crippen MR) is 118 cm³/mol. The van der Waals surface area contributed by atoms with Crippen LogP contribution >= 0.6 is 0 Å². The molecule has 168 valence electrons. The van der Waals surface area contributed by atoms with Crippen LogP contribution in [0.25, 0.3) is 0 Å². The van der Waals surface area contributed by atoms with E-state index in [1.807, 2.05) is 0 Å². The summed E-state index contributed by atoms with van der Waals surface area (Å²) in [5.74, 6) is -0.778. The number of esters is 1. The van der Waals surface area contributed by atoms with Gasteiger partial charge in [-0.05, 0) is 0 Å². The Labute approximate surface area is 193 Å². The molecule has 1 aliphatic heterocycles. The second-order valence-electron chi connectivity index (χ2n) is 7.80. The zero-order valence-electron chi connectivity index (χ0n) is 18.2. The number of fused-ring (bicyclic) bond motifs is 1. The van der Waals surface area contributed by atoms with Crippen molar-refractivity contribution in [3.8, 4) is 5.75 Å². The molecule has 2 aromatic rings. The van der Waals surface area contributed by atoms with E-state index in [4.69, 9.17) is 9.47 Å². The third kappa shape index (κ3) is 5.25. The van der Waals surface area contributed by atoms with E-state index in [1.54, 1.807) is 63.4 Å². The number of carbonyl (C=O) groups excluding carboxylic acids is 4. The first-order chi connectivity index (χ1) is 15.2. The molecule has 0 N–H and O–H groups in total. The van der Waals surface area contributed by atoms with Crippen LogP contribution in [0.3, 0.4) is 0 Å². The van der Waals surface area contributed by atoms with Crippen LogP contribution < -0.4 is 4.74 Å². The summed E-state index contributed by atoms with van der Waals surface area (Å²) in [4.78, 5) is 55.4. The van der Waals surface area contributed by atoms with E-state index in [2.05, 4.69) is 4.98 Å². The maximum atomic E-state index is 12.8. The van der Waals surface area contributed by atoms with Gasteiger partial charge in [-0.15, -0.1) is 0 Å². The van der Waals surface area contributed by atoms with Crippen molar-refractivity contribution in [1.29, 1.82) is 0 Å². The number of nitrogens with zero attached hydrogens (tertiary/aromatic N) is 2. The summed E-state index contributed by atoms with van der Waals surface area (Å²) < 4.78 is 10.4. The number of aromatic nitrogens is 1. The van der Waals surface area contributed by atoms with Crippen LogP contribution in [0.1, 0.15) is 53.6 Å². The van der Waals surface area contributed by atoms with Crippen molar-refractivity contribution in [3.63, 3.8) is 0 Å². The Bertz CT molecular complexity index is 1020. The predicted octanol–water partition coefficient (Wildman–Crippen LogP) is 1.95. The molecule has 1 atom stereocenters. The molecule has 32 heavy (non-hydrogen) atoms. The zero-order chi connectivity index (χ0) is 23.3. The number of benzene rings is 1. The molecule has 1 unspecified atom stereocenters. The Hall–Kier alpha value is -2.99. The third-order valence-electron chi connectivity index (χ3n) is 4.94. The normalized spacial score (nSPS) is 13.5. The first kappa shape index (κ1) is 23.7. The third-order valence-corrected chi connectivity index (χ3v) is 7.22. The van der Waals surface area contributed by atoms with Crippen molar-refractivity contribution in [2.24, 2.45) is 0 Å². The second kappa shape index (κ2) is 10.1. The van der Waals surface area contributed by atoms with E-state index in [9.17, 15) is 19.2 Å². The van der Waals surface area contributed by atoms with Gasteiger partial charge in [-0.1, -0.05) is 0 Å². The number of hydrogen-bond donors (Lipinski definition) is 0. The topological polar surface area (TPSA) is 103 Å². The summed E-state index contributed by atoms with van der Waals surface area (Å²) in [5.41, 5.74) is 0.390. The first-order valence-electron chi connectivity index (χ1n) is 10.2. The van der Waals surface area contributed by atoms with Gasteiger partial charge in [-0.25, -0.2) is 0 Å². The number of rotatable bonds is 10. The molecule has 0 fully saturated rings. The fourth-order valence-electron chi connectivity index (χ4n) is 3.48. The molecule has 0 spiro atoms. The summed E-state index contributed by atoms with van der Waals surface area (Å²) in [6.07, 6.45) is 1.68. The van der Waals surface area contributed by atoms with Gasteiger partial charge in [0.05, 0.1) is 0 Å².